The quantitative estimate of drug-likeness (QED) is 0.925. The van der Waals surface area contributed by atoms with Crippen LogP contribution in [-0.2, 0) is 16.8 Å². The molecule has 1 aromatic heterocycles. The second-order valence-corrected chi connectivity index (χ2v) is 4.72. The summed E-state index contributed by atoms with van der Waals surface area (Å²) < 4.78 is 5.43. The van der Waals surface area contributed by atoms with Gasteiger partial charge in [0.1, 0.15) is 17.2 Å². The Labute approximate surface area is 124 Å². The van der Waals surface area contributed by atoms with E-state index in [9.17, 15) is 5.11 Å². The molecule has 1 aromatic carbocycles. The number of rotatable bonds is 3. The van der Waals surface area contributed by atoms with Crippen molar-refractivity contribution >= 4 is 0 Å². The van der Waals surface area contributed by atoms with E-state index in [-0.39, 0.29) is 22.5 Å². The first-order valence-corrected chi connectivity index (χ1v) is 6.30. The fourth-order valence-corrected chi connectivity index (χ4v) is 2.06. The third-order valence-corrected chi connectivity index (χ3v) is 3.36. The zero-order valence-electron chi connectivity index (χ0n) is 11.7. The van der Waals surface area contributed by atoms with E-state index in [1.165, 1.54) is 5.56 Å². The van der Waals surface area contributed by atoms with Crippen LogP contribution in [0.2, 0.25) is 0 Å². The van der Waals surface area contributed by atoms with Gasteiger partial charge in [0.15, 0.2) is 5.89 Å². The summed E-state index contributed by atoms with van der Waals surface area (Å²) in [7, 11) is 0. The van der Waals surface area contributed by atoms with Crippen molar-refractivity contribution in [2.45, 2.75) is 40.0 Å². The minimum Gasteiger partial charge on any atom is -0.507 e. The first-order valence-electron chi connectivity index (χ1n) is 6.30. The number of aromatic nitrogens is 1. The van der Waals surface area contributed by atoms with Crippen LogP contribution in [0.5, 0.6) is 5.75 Å². The smallest absolute Gasteiger partial charge is 0.191 e. The van der Waals surface area contributed by atoms with Crippen LogP contribution in [0.3, 0.4) is 0 Å². The van der Waals surface area contributed by atoms with Gasteiger partial charge in [-0.2, -0.15) is 0 Å². The first-order chi connectivity index (χ1) is 8.52. The molecule has 0 fully saturated rings. The molecule has 0 saturated carbocycles. The Morgan fingerprint density at radius 2 is 2.00 bits per heavy atom. The van der Waals surface area contributed by atoms with Crippen molar-refractivity contribution in [1.82, 2.24) is 4.98 Å². The van der Waals surface area contributed by atoms with Gasteiger partial charge in [-0.05, 0) is 37.0 Å². The van der Waals surface area contributed by atoms with Gasteiger partial charge in [0, 0.05) is 29.3 Å². The molecule has 1 atom stereocenters. The fourth-order valence-electron chi connectivity index (χ4n) is 2.06. The van der Waals surface area contributed by atoms with Gasteiger partial charge < -0.3 is 9.52 Å². The molecular weight excluding hydrogens is 285 g/mol. The van der Waals surface area contributed by atoms with Gasteiger partial charge in [-0.1, -0.05) is 19.9 Å². The van der Waals surface area contributed by atoms with Crippen molar-refractivity contribution in [1.29, 1.82) is 0 Å². The minimum absolute atomic E-state index is 0. The SMILES string of the molecule is CCC(C)c1ccc(O)c(-c2nc(C)oc2C)c1.[Co]. The monoisotopic (exact) mass is 304 g/mol. The molecule has 3 nitrogen and oxygen atoms in total. The Morgan fingerprint density at radius 1 is 1.32 bits per heavy atom. The molecule has 2 aromatic rings. The second-order valence-electron chi connectivity index (χ2n) is 4.72. The maximum atomic E-state index is 9.99. The molecule has 1 heterocycles. The van der Waals surface area contributed by atoms with Gasteiger partial charge in [-0.25, -0.2) is 4.98 Å². The van der Waals surface area contributed by atoms with Crippen LogP contribution in [0, 0.1) is 13.8 Å². The number of oxazole rings is 1. The van der Waals surface area contributed by atoms with Crippen LogP contribution in [0.4, 0.5) is 0 Å². The third kappa shape index (κ3) is 3.19. The van der Waals surface area contributed by atoms with E-state index in [0.717, 1.165) is 23.4 Å². The maximum absolute atomic E-state index is 9.99. The normalized spacial score (nSPS) is 12.0. The van der Waals surface area contributed by atoms with Crippen molar-refractivity contribution in [2.24, 2.45) is 0 Å². The minimum atomic E-state index is 0. The second kappa shape index (κ2) is 6.26. The summed E-state index contributed by atoms with van der Waals surface area (Å²) in [6, 6.07) is 5.71. The molecule has 0 aliphatic carbocycles. The van der Waals surface area contributed by atoms with Crippen LogP contribution in [0.25, 0.3) is 11.3 Å². The predicted octanol–water partition coefficient (Wildman–Crippen LogP) is 4.18. The number of phenolic OH excluding ortho intramolecular Hbond substituents is 1. The number of phenols is 1. The van der Waals surface area contributed by atoms with Gasteiger partial charge in [0.2, 0.25) is 0 Å². The maximum Gasteiger partial charge on any atom is 0.191 e. The zero-order valence-corrected chi connectivity index (χ0v) is 12.7. The van der Waals surface area contributed by atoms with Crippen molar-refractivity contribution in [2.75, 3.05) is 0 Å². The molecule has 0 aliphatic rings. The topological polar surface area (TPSA) is 46.3 Å². The molecule has 0 amide bonds. The Kier molecular flexibility index (Phi) is 5.20. The number of aryl methyl sites for hydroxylation is 2. The Morgan fingerprint density at radius 3 is 2.53 bits per heavy atom. The average molecular weight is 304 g/mol. The van der Waals surface area contributed by atoms with Gasteiger partial charge in [0.05, 0.1) is 0 Å². The predicted molar refractivity (Wildman–Crippen MR) is 71.8 cm³/mol. The van der Waals surface area contributed by atoms with Crippen LogP contribution in [-0.4, -0.2) is 10.1 Å². The molecule has 2 rings (SSSR count). The number of benzene rings is 1. The Hall–Kier alpha value is -1.26. The Bertz CT molecular complexity index is 563. The van der Waals surface area contributed by atoms with E-state index < -0.39 is 0 Å². The molecule has 0 saturated heterocycles. The van der Waals surface area contributed by atoms with Crippen LogP contribution >= 0.6 is 0 Å². The molecule has 105 valence electrons. The molecule has 0 aliphatic heterocycles. The van der Waals surface area contributed by atoms with E-state index >= 15 is 0 Å². The van der Waals surface area contributed by atoms with E-state index in [1.807, 2.05) is 26.0 Å². The number of hydrogen-bond acceptors (Lipinski definition) is 3. The van der Waals surface area contributed by atoms with Gasteiger partial charge in [0.25, 0.3) is 0 Å². The summed E-state index contributed by atoms with van der Waals surface area (Å²) >= 11 is 0. The summed E-state index contributed by atoms with van der Waals surface area (Å²) in [6.45, 7) is 8.01. The average Bonchev–Trinajstić information content (AvgIpc) is 2.68. The summed E-state index contributed by atoms with van der Waals surface area (Å²) in [5.74, 6) is 2.08. The standard InChI is InChI=1S/C15H19NO2.Co/c1-5-9(2)12-6-7-14(17)13(8-12)15-10(3)18-11(4)16-15;/h6-9,17H,5H2,1-4H3;. The van der Waals surface area contributed by atoms with Gasteiger partial charge >= 0.3 is 0 Å². The molecule has 0 bridgehead atoms. The molecule has 1 N–H and O–H groups in total. The summed E-state index contributed by atoms with van der Waals surface area (Å²) in [5, 5.41) is 9.99. The molecule has 1 unspecified atom stereocenters. The summed E-state index contributed by atoms with van der Waals surface area (Å²) in [5.41, 5.74) is 2.70. The van der Waals surface area contributed by atoms with E-state index in [4.69, 9.17) is 4.42 Å². The fraction of sp³-hybridized carbons (Fsp3) is 0.400. The van der Waals surface area contributed by atoms with Crippen molar-refractivity contribution in [3.8, 4) is 17.0 Å². The molecule has 1 radical (unpaired) electrons. The number of aromatic hydroxyl groups is 1. The number of nitrogens with zero attached hydrogens (tertiary/aromatic N) is 1. The Balaban J connectivity index is 0.00000180. The van der Waals surface area contributed by atoms with Crippen molar-refractivity contribution in [3.05, 3.63) is 35.4 Å². The molecule has 0 spiro atoms. The van der Waals surface area contributed by atoms with Crippen LogP contribution < -0.4 is 0 Å². The van der Waals surface area contributed by atoms with Gasteiger partial charge in [-0.15, -0.1) is 0 Å². The zero-order chi connectivity index (χ0) is 13.3. The summed E-state index contributed by atoms with van der Waals surface area (Å²) in [4.78, 5) is 4.34. The molecule has 19 heavy (non-hydrogen) atoms. The van der Waals surface area contributed by atoms with Crippen molar-refractivity contribution in [3.63, 3.8) is 0 Å². The van der Waals surface area contributed by atoms with E-state index in [1.54, 1.807) is 6.07 Å². The summed E-state index contributed by atoms with van der Waals surface area (Å²) in [6.07, 6.45) is 1.07. The first kappa shape index (κ1) is 15.8. The number of hydrogen-bond donors (Lipinski definition) is 1. The van der Waals surface area contributed by atoms with Crippen LogP contribution in [0.1, 0.15) is 43.4 Å². The van der Waals surface area contributed by atoms with Gasteiger partial charge in [-0.3, -0.25) is 0 Å². The van der Waals surface area contributed by atoms with Crippen LogP contribution in [0.15, 0.2) is 22.6 Å². The van der Waals surface area contributed by atoms with E-state index in [2.05, 4.69) is 18.8 Å². The molecule has 4 heteroatoms. The van der Waals surface area contributed by atoms with E-state index in [0.29, 0.717) is 11.8 Å². The third-order valence-electron chi connectivity index (χ3n) is 3.36. The van der Waals surface area contributed by atoms with Crippen molar-refractivity contribution < 1.29 is 26.3 Å². The molecular formula is C15H19CoNO2. The largest absolute Gasteiger partial charge is 0.507 e.